The molecule has 2 amide bonds. The standard InChI is InChI=1S/C21H21F3N2O5/c1-3-31-15-11-13(9-10-14(15)30-2)17-16(18(27)12-7-5-4-6-8-12)20(29,21(22,23)24)26-19(28)25-17/h4-11,16-17,29H,3H2,1-2H3,(H2,25,26,28)/t16-,17+,20-/m1/s1. The molecular formula is C21H21F3N2O5. The quantitative estimate of drug-likeness (QED) is 0.602. The lowest BCUT2D eigenvalue weighted by atomic mass is 9.77. The molecule has 1 aliphatic heterocycles. The highest BCUT2D eigenvalue weighted by Crippen LogP contribution is 2.45. The lowest BCUT2D eigenvalue weighted by molar-refractivity contribution is -0.287. The van der Waals surface area contributed by atoms with Gasteiger partial charge in [-0.15, -0.1) is 0 Å². The van der Waals surface area contributed by atoms with Crippen LogP contribution in [-0.4, -0.2) is 42.5 Å². The van der Waals surface area contributed by atoms with Crippen molar-refractivity contribution in [2.75, 3.05) is 13.7 Å². The summed E-state index contributed by atoms with van der Waals surface area (Å²) in [6.45, 7) is 1.96. The molecule has 0 saturated carbocycles. The molecule has 2 aromatic rings. The molecule has 7 nitrogen and oxygen atoms in total. The molecule has 1 heterocycles. The van der Waals surface area contributed by atoms with Crippen molar-refractivity contribution < 1.29 is 37.3 Å². The summed E-state index contributed by atoms with van der Waals surface area (Å²) in [7, 11) is 1.40. The Morgan fingerprint density at radius 1 is 1.16 bits per heavy atom. The van der Waals surface area contributed by atoms with E-state index in [0.717, 1.165) is 0 Å². The van der Waals surface area contributed by atoms with Crippen molar-refractivity contribution >= 4 is 11.8 Å². The molecule has 3 rings (SSSR count). The molecular weight excluding hydrogens is 417 g/mol. The van der Waals surface area contributed by atoms with Crippen LogP contribution in [0.15, 0.2) is 48.5 Å². The molecule has 3 atom stereocenters. The van der Waals surface area contributed by atoms with E-state index in [0.29, 0.717) is 5.75 Å². The topological polar surface area (TPSA) is 96.9 Å². The van der Waals surface area contributed by atoms with Crippen LogP contribution in [0.1, 0.15) is 28.9 Å². The number of methoxy groups -OCH3 is 1. The first-order valence-electron chi connectivity index (χ1n) is 9.40. The highest BCUT2D eigenvalue weighted by molar-refractivity contribution is 6.00. The van der Waals surface area contributed by atoms with Gasteiger partial charge in [-0.25, -0.2) is 4.79 Å². The molecule has 0 aliphatic carbocycles. The first kappa shape index (κ1) is 22.4. The molecule has 166 valence electrons. The Balaban J connectivity index is 2.17. The summed E-state index contributed by atoms with van der Waals surface area (Å²) in [6.07, 6.45) is -5.33. The van der Waals surface area contributed by atoms with Crippen molar-refractivity contribution in [1.29, 1.82) is 0 Å². The van der Waals surface area contributed by atoms with Gasteiger partial charge in [-0.3, -0.25) is 4.79 Å². The number of benzene rings is 2. The maximum Gasteiger partial charge on any atom is 0.437 e. The van der Waals surface area contributed by atoms with E-state index in [1.54, 1.807) is 13.0 Å². The minimum absolute atomic E-state index is 0.0448. The largest absolute Gasteiger partial charge is 0.493 e. The number of hydrogen-bond acceptors (Lipinski definition) is 5. The van der Waals surface area contributed by atoms with Crippen LogP contribution in [0.2, 0.25) is 0 Å². The Kier molecular flexibility index (Phi) is 6.12. The second-order valence-corrected chi connectivity index (χ2v) is 6.89. The van der Waals surface area contributed by atoms with Crippen molar-refractivity contribution in [3.63, 3.8) is 0 Å². The summed E-state index contributed by atoms with van der Waals surface area (Å²) in [6, 6.07) is 8.72. The van der Waals surface area contributed by atoms with Gasteiger partial charge in [0.2, 0.25) is 5.72 Å². The molecule has 0 aromatic heterocycles. The Bertz CT molecular complexity index is 967. The van der Waals surface area contributed by atoms with E-state index in [1.807, 2.05) is 0 Å². The molecule has 31 heavy (non-hydrogen) atoms. The Hall–Kier alpha value is -3.27. The maximum absolute atomic E-state index is 13.9. The first-order chi connectivity index (χ1) is 14.6. The number of hydrogen-bond donors (Lipinski definition) is 3. The molecule has 0 bridgehead atoms. The van der Waals surface area contributed by atoms with Crippen LogP contribution in [0.4, 0.5) is 18.0 Å². The highest BCUT2D eigenvalue weighted by Gasteiger charge is 2.66. The van der Waals surface area contributed by atoms with Crippen LogP contribution in [0, 0.1) is 5.92 Å². The number of Topliss-reactive ketones (excluding diaryl/α,β-unsaturated/α-hetero) is 1. The fraction of sp³-hybridized carbons (Fsp3) is 0.333. The van der Waals surface area contributed by atoms with E-state index in [2.05, 4.69) is 5.32 Å². The van der Waals surface area contributed by atoms with Crippen molar-refractivity contribution in [1.82, 2.24) is 10.6 Å². The van der Waals surface area contributed by atoms with Crippen molar-refractivity contribution in [3.05, 3.63) is 59.7 Å². The zero-order valence-electron chi connectivity index (χ0n) is 16.7. The zero-order valence-corrected chi connectivity index (χ0v) is 16.7. The van der Waals surface area contributed by atoms with Crippen molar-refractivity contribution in [2.24, 2.45) is 5.92 Å². The van der Waals surface area contributed by atoms with Crippen LogP contribution in [0.3, 0.4) is 0 Å². The van der Waals surface area contributed by atoms with Gasteiger partial charge in [-0.05, 0) is 24.6 Å². The lowest BCUT2D eigenvalue weighted by Crippen LogP contribution is -2.72. The third-order valence-electron chi connectivity index (χ3n) is 4.99. The molecule has 1 saturated heterocycles. The third-order valence-corrected chi connectivity index (χ3v) is 4.99. The van der Waals surface area contributed by atoms with Gasteiger partial charge in [0.1, 0.15) is 5.92 Å². The van der Waals surface area contributed by atoms with Crippen LogP contribution in [0.5, 0.6) is 11.5 Å². The second-order valence-electron chi connectivity index (χ2n) is 6.89. The average molecular weight is 438 g/mol. The Morgan fingerprint density at radius 2 is 1.84 bits per heavy atom. The minimum atomic E-state index is -5.33. The number of alkyl halides is 3. The lowest BCUT2D eigenvalue weighted by Gasteiger charge is -2.45. The van der Waals surface area contributed by atoms with Gasteiger partial charge >= 0.3 is 12.2 Å². The van der Waals surface area contributed by atoms with Gasteiger partial charge in [0, 0.05) is 5.56 Å². The SMILES string of the molecule is CCOc1cc([C@@H]2NC(=O)N[C@](O)(C(F)(F)F)[C@H]2C(=O)c2ccccc2)ccc1OC. The highest BCUT2D eigenvalue weighted by atomic mass is 19.4. The average Bonchev–Trinajstić information content (AvgIpc) is 2.73. The number of rotatable bonds is 6. The van der Waals surface area contributed by atoms with Gasteiger partial charge in [0.05, 0.1) is 19.8 Å². The molecule has 10 heteroatoms. The van der Waals surface area contributed by atoms with E-state index < -0.39 is 35.7 Å². The van der Waals surface area contributed by atoms with Crippen LogP contribution in [0.25, 0.3) is 0 Å². The Morgan fingerprint density at radius 3 is 2.42 bits per heavy atom. The van der Waals surface area contributed by atoms with Gasteiger partial charge in [0.15, 0.2) is 17.3 Å². The minimum Gasteiger partial charge on any atom is -0.493 e. The number of urea groups is 1. The molecule has 1 fully saturated rings. The van der Waals surface area contributed by atoms with Crippen LogP contribution >= 0.6 is 0 Å². The number of nitrogens with one attached hydrogen (secondary N) is 2. The number of ketones is 1. The summed E-state index contributed by atoms with van der Waals surface area (Å²) < 4.78 is 52.5. The fourth-order valence-electron chi connectivity index (χ4n) is 3.55. The number of ether oxygens (including phenoxy) is 2. The maximum atomic E-state index is 13.9. The van der Waals surface area contributed by atoms with Gasteiger partial charge < -0.3 is 25.2 Å². The summed E-state index contributed by atoms with van der Waals surface area (Å²) in [5.41, 5.74) is -3.70. The predicted molar refractivity (Wildman–Crippen MR) is 104 cm³/mol. The Labute approximate surface area is 176 Å². The zero-order chi connectivity index (χ0) is 22.8. The second kappa shape index (κ2) is 8.46. The smallest absolute Gasteiger partial charge is 0.437 e. The molecule has 0 spiro atoms. The monoisotopic (exact) mass is 438 g/mol. The van der Waals surface area contributed by atoms with Gasteiger partial charge in [-0.2, -0.15) is 13.2 Å². The number of halogens is 3. The summed E-state index contributed by atoms with van der Waals surface area (Å²) in [5.74, 6) is -2.57. The number of aliphatic hydroxyl groups is 1. The van der Waals surface area contributed by atoms with E-state index in [1.165, 1.54) is 54.9 Å². The van der Waals surface area contributed by atoms with Crippen LogP contribution < -0.4 is 20.1 Å². The van der Waals surface area contributed by atoms with Crippen molar-refractivity contribution in [3.8, 4) is 11.5 Å². The summed E-state index contributed by atoms with van der Waals surface area (Å²) in [5, 5.41) is 14.4. The molecule has 0 radical (unpaired) electrons. The van der Waals surface area contributed by atoms with Gasteiger partial charge in [0.25, 0.3) is 0 Å². The predicted octanol–water partition coefficient (Wildman–Crippen LogP) is 3.20. The number of amides is 2. The van der Waals surface area contributed by atoms with E-state index >= 15 is 0 Å². The molecule has 0 unspecified atom stereocenters. The van der Waals surface area contributed by atoms with E-state index in [9.17, 15) is 27.9 Å². The molecule has 2 aromatic carbocycles. The summed E-state index contributed by atoms with van der Waals surface area (Å²) >= 11 is 0. The fourth-order valence-corrected chi connectivity index (χ4v) is 3.55. The number of carbonyl (C=O) groups is 2. The summed E-state index contributed by atoms with van der Waals surface area (Å²) in [4.78, 5) is 25.3. The normalized spacial score (nSPS) is 23.5. The van der Waals surface area contributed by atoms with E-state index in [-0.39, 0.29) is 23.5 Å². The van der Waals surface area contributed by atoms with Crippen LogP contribution in [-0.2, 0) is 0 Å². The first-order valence-corrected chi connectivity index (χ1v) is 9.40. The van der Waals surface area contributed by atoms with Crippen molar-refractivity contribution in [2.45, 2.75) is 24.9 Å². The van der Waals surface area contributed by atoms with Gasteiger partial charge in [-0.1, -0.05) is 36.4 Å². The van der Waals surface area contributed by atoms with E-state index in [4.69, 9.17) is 9.47 Å². The number of carbonyl (C=O) groups excluding carboxylic acids is 2. The molecule has 1 aliphatic rings. The molecule has 3 N–H and O–H groups in total. The third kappa shape index (κ3) is 4.15.